The smallest absolute Gasteiger partial charge is 0.143 e. The number of hydrogen-bond acceptors (Lipinski definition) is 2. The van der Waals surface area contributed by atoms with E-state index in [1.807, 2.05) is 6.07 Å². The number of halogens is 2. The van der Waals surface area contributed by atoms with Crippen molar-refractivity contribution in [3.05, 3.63) is 22.3 Å². The van der Waals surface area contributed by atoms with Crippen molar-refractivity contribution in [1.82, 2.24) is 4.98 Å². The number of pyridine rings is 1. The Labute approximate surface area is 83.7 Å². The van der Waals surface area contributed by atoms with Gasteiger partial charge in [-0.3, -0.25) is 0 Å². The summed E-state index contributed by atoms with van der Waals surface area (Å²) in [6.07, 6.45) is 1.20. The van der Waals surface area contributed by atoms with E-state index in [0.29, 0.717) is 24.7 Å². The van der Waals surface area contributed by atoms with Crippen LogP contribution in [0.1, 0.15) is 18.4 Å². The minimum atomic E-state index is -1.10. The lowest BCUT2D eigenvalue weighted by Gasteiger charge is -2.47. The molecule has 3 heterocycles. The van der Waals surface area contributed by atoms with E-state index in [1.165, 1.54) is 0 Å². The maximum Gasteiger partial charge on any atom is 0.143 e. The van der Waals surface area contributed by atoms with Gasteiger partial charge in [-0.1, -0.05) is 0 Å². The fraction of sp³-hybridized carbons (Fsp3) is 0.444. The summed E-state index contributed by atoms with van der Waals surface area (Å²) in [6.45, 7) is 0. The Morgan fingerprint density at radius 3 is 3.08 bits per heavy atom. The summed E-state index contributed by atoms with van der Waals surface area (Å²) in [5, 5.41) is 3.21. The van der Waals surface area contributed by atoms with Crippen molar-refractivity contribution in [2.45, 2.75) is 24.6 Å². The van der Waals surface area contributed by atoms with Crippen molar-refractivity contribution in [1.29, 1.82) is 0 Å². The highest BCUT2D eigenvalue weighted by Crippen LogP contribution is 2.52. The third-order valence-corrected chi connectivity index (χ3v) is 3.27. The van der Waals surface area contributed by atoms with Gasteiger partial charge in [0.2, 0.25) is 0 Å². The number of nitrogens with one attached hydrogen (secondary N) is 1. The fourth-order valence-electron chi connectivity index (χ4n) is 2.14. The quantitative estimate of drug-likeness (QED) is 0.708. The molecule has 3 aliphatic rings. The minimum absolute atomic E-state index is 0.291. The second-order valence-corrected chi connectivity index (χ2v) is 4.56. The van der Waals surface area contributed by atoms with Gasteiger partial charge in [0.15, 0.2) is 0 Å². The number of nitrogens with zero attached hydrogens (tertiary/aromatic N) is 1. The Bertz CT molecular complexity index is 374. The SMILES string of the molecule is FC12CC(C1)Nc1nc(Br)ccc12. The molecule has 1 aliphatic carbocycles. The standard InChI is InChI=1S/C9H8BrFN2/c10-7-2-1-6-8(13-7)12-5-3-9(6,11)4-5/h1-2,5H,3-4H2,(H,12,13). The summed E-state index contributed by atoms with van der Waals surface area (Å²) in [5.74, 6) is 0.708. The lowest BCUT2D eigenvalue weighted by atomic mass is 9.70. The molecule has 1 saturated carbocycles. The number of hydrogen-bond donors (Lipinski definition) is 1. The maximum absolute atomic E-state index is 14.0. The molecule has 2 nitrogen and oxygen atoms in total. The van der Waals surface area contributed by atoms with Crippen LogP contribution < -0.4 is 5.32 Å². The minimum Gasteiger partial charge on any atom is -0.367 e. The van der Waals surface area contributed by atoms with Gasteiger partial charge in [-0.2, -0.15) is 0 Å². The number of alkyl halides is 1. The highest BCUT2D eigenvalue weighted by Gasteiger charge is 2.51. The van der Waals surface area contributed by atoms with Gasteiger partial charge in [0.25, 0.3) is 0 Å². The molecule has 1 N–H and O–H groups in total. The van der Waals surface area contributed by atoms with Crippen molar-refractivity contribution in [3.8, 4) is 0 Å². The Morgan fingerprint density at radius 1 is 1.54 bits per heavy atom. The van der Waals surface area contributed by atoms with Crippen LogP contribution in [0.25, 0.3) is 0 Å². The van der Waals surface area contributed by atoms with Crippen molar-refractivity contribution in [3.63, 3.8) is 0 Å². The fourth-order valence-corrected chi connectivity index (χ4v) is 2.45. The zero-order valence-electron chi connectivity index (χ0n) is 6.85. The second kappa shape index (κ2) is 2.23. The highest BCUT2D eigenvalue weighted by molar-refractivity contribution is 9.10. The molecule has 2 bridgehead atoms. The first-order valence-corrected chi connectivity index (χ1v) is 5.09. The van der Waals surface area contributed by atoms with Crippen LogP contribution in [-0.4, -0.2) is 11.0 Å². The Balaban J connectivity index is 2.18. The molecule has 68 valence electrons. The molecular weight excluding hydrogens is 235 g/mol. The molecule has 1 fully saturated rings. The van der Waals surface area contributed by atoms with Crippen LogP contribution in [0.15, 0.2) is 16.7 Å². The molecule has 2 aliphatic heterocycles. The normalized spacial score (nSPS) is 34.5. The average Bonchev–Trinajstić information content (AvgIpc) is 2.01. The van der Waals surface area contributed by atoms with Gasteiger partial charge in [-0.15, -0.1) is 0 Å². The zero-order valence-corrected chi connectivity index (χ0v) is 8.44. The predicted octanol–water partition coefficient (Wildman–Crippen LogP) is 2.60. The van der Waals surface area contributed by atoms with Crippen molar-refractivity contribution >= 4 is 21.7 Å². The van der Waals surface area contributed by atoms with Gasteiger partial charge in [0, 0.05) is 24.4 Å². The molecular formula is C9H8BrFN2. The van der Waals surface area contributed by atoms with Crippen LogP contribution in [0.5, 0.6) is 0 Å². The maximum atomic E-state index is 14.0. The average molecular weight is 243 g/mol. The van der Waals surface area contributed by atoms with E-state index in [1.54, 1.807) is 6.07 Å². The Morgan fingerprint density at radius 2 is 2.31 bits per heavy atom. The molecule has 0 unspecified atom stereocenters. The molecule has 0 amide bonds. The summed E-state index contributed by atoms with van der Waals surface area (Å²) < 4.78 is 14.7. The van der Waals surface area contributed by atoms with E-state index in [-0.39, 0.29) is 0 Å². The van der Waals surface area contributed by atoms with Gasteiger partial charge < -0.3 is 5.32 Å². The summed E-state index contributed by atoms with van der Waals surface area (Å²) in [4.78, 5) is 4.21. The van der Waals surface area contributed by atoms with Gasteiger partial charge in [-0.05, 0) is 28.1 Å². The van der Waals surface area contributed by atoms with Crippen LogP contribution >= 0.6 is 15.9 Å². The second-order valence-electron chi connectivity index (χ2n) is 3.74. The first-order chi connectivity index (χ1) is 6.17. The van der Waals surface area contributed by atoms with Crippen molar-refractivity contribution in [2.24, 2.45) is 0 Å². The summed E-state index contributed by atoms with van der Waals surface area (Å²) >= 11 is 3.27. The summed E-state index contributed by atoms with van der Waals surface area (Å²) in [5.41, 5.74) is -0.378. The molecule has 1 aromatic rings. The highest BCUT2D eigenvalue weighted by atomic mass is 79.9. The largest absolute Gasteiger partial charge is 0.367 e. The monoisotopic (exact) mass is 242 g/mol. The van der Waals surface area contributed by atoms with E-state index in [4.69, 9.17) is 0 Å². The molecule has 0 radical (unpaired) electrons. The topological polar surface area (TPSA) is 24.9 Å². The predicted molar refractivity (Wildman–Crippen MR) is 51.4 cm³/mol. The van der Waals surface area contributed by atoms with Crippen molar-refractivity contribution in [2.75, 3.05) is 5.32 Å². The molecule has 0 spiro atoms. The third kappa shape index (κ3) is 0.950. The number of aromatic nitrogens is 1. The Hall–Kier alpha value is -0.640. The lowest BCUT2D eigenvalue weighted by molar-refractivity contribution is 0.0390. The molecule has 4 heteroatoms. The van der Waals surface area contributed by atoms with Gasteiger partial charge in [0.05, 0.1) is 0 Å². The van der Waals surface area contributed by atoms with E-state index >= 15 is 0 Å². The number of anilines is 1. The van der Waals surface area contributed by atoms with Crippen LogP contribution in [0.3, 0.4) is 0 Å². The summed E-state index contributed by atoms with van der Waals surface area (Å²) in [7, 11) is 0. The zero-order chi connectivity index (χ0) is 9.05. The van der Waals surface area contributed by atoms with Crippen molar-refractivity contribution < 1.29 is 4.39 Å². The van der Waals surface area contributed by atoms with Gasteiger partial charge in [-0.25, -0.2) is 9.37 Å². The first-order valence-electron chi connectivity index (χ1n) is 4.30. The molecule has 0 atom stereocenters. The molecule has 0 aromatic carbocycles. The van der Waals surface area contributed by atoms with Gasteiger partial charge in [0.1, 0.15) is 16.1 Å². The van der Waals surface area contributed by atoms with E-state index in [2.05, 4.69) is 26.2 Å². The molecule has 1 aromatic heterocycles. The molecule has 4 rings (SSSR count). The summed E-state index contributed by atoms with van der Waals surface area (Å²) in [6, 6.07) is 3.90. The number of rotatable bonds is 0. The Kier molecular flexibility index (Phi) is 1.33. The van der Waals surface area contributed by atoms with Crippen LogP contribution in [0.2, 0.25) is 0 Å². The van der Waals surface area contributed by atoms with E-state index in [0.717, 1.165) is 10.2 Å². The third-order valence-electron chi connectivity index (χ3n) is 2.82. The van der Waals surface area contributed by atoms with E-state index < -0.39 is 5.67 Å². The van der Waals surface area contributed by atoms with E-state index in [9.17, 15) is 4.39 Å². The lowest BCUT2D eigenvalue weighted by Crippen LogP contribution is -2.50. The van der Waals surface area contributed by atoms with Crippen LogP contribution in [0, 0.1) is 0 Å². The molecule has 13 heavy (non-hydrogen) atoms. The molecule has 0 saturated heterocycles. The van der Waals surface area contributed by atoms with Gasteiger partial charge >= 0.3 is 0 Å². The van der Waals surface area contributed by atoms with Crippen LogP contribution in [-0.2, 0) is 5.67 Å². The van der Waals surface area contributed by atoms with Crippen LogP contribution in [0.4, 0.5) is 10.2 Å². The first kappa shape index (κ1) is 7.74.